The van der Waals surface area contributed by atoms with E-state index in [-0.39, 0.29) is 0 Å². The molecule has 0 amide bonds. The standard InChI is InChI=1S/C15H23N5S/c1-12(2)21-10-9-19-7-5-13(11-19)17-14-3-4-15-16-6-8-20(15)18-14/h3-4,6,8,12-13H,5,7,9-11H2,1-2H3,(H,17,18)/t13-/m1/s1. The number of rotatable bonds is 6. The molecule has 0 saturated carbocycles. The first-order chi connectivity index (χ1) is 10.2. The lowest BCUT2D eigenvalue weighted by molar-refractivity contribution is 0.358. The predicted molar refractivity (Wildman–Crippen MR) is 89.0 cm³/mol. The first kappa shape index (κ1) is 14.7. The number of nitrogens with one attached hydrogen (secondary N) is 1. The van der Waals surface area contributed by atoms with Gasteiger partial charge in [0.2, 0.25) is 0 Å². The van der Waals surface area contributed by atoms with Gasteiger partial charge in [0.1, 0.15) is 5.82 Å². The SMILES string of the molecule is CC(C)SCCN1CC[C@@H](Nc2ccc3nccn3n2)C1. The van der Waals surface area contributed by atoms with Gasteiger partial charge in [-0.05, 0) is 23.8 Å². The second kappa shape index (κ2) is 6.66. The van der Waals surface area contributed by atoms with Gasteiger partial charge < -0.3 is 10.2 Å². The van der Waals surface area contributed by atoms with Crippen LogP contribution in [0.1, 0.15) is 20.3 Å². The molecule has 0 aliphatic carbocycles. The Morgan fingerprint density at radius 3 is 3.19 bits per heavy atom. The Kier molecular flexibility index (Phi) is 4.65. The Morgan fingerprint density at radius 2 is 2.33 bits per heavy atom. The van der Waals surface area contributed by atoms with Crippen molar-refractivity contribution in [2.45, 2.75) is 31.6 Å². The van der Waals surface area contributed by atoms with E-state index in [1.807, 2.05) is 34.6 Å². The molecule has 1 saturated heterocycles. The maximum absolute atomic E-state index is 4.53. The van der Waals surface area contributed by atoms with Crippen molar-refractivity contribution >= 4 is 23.2 Å². The maximum atomic E-state index is 4.53. The minimum Gasteiger partial charge on any atom is -0.365 e. The van der Waals surface area contributed by atoms with E-state index < -0.39 is 0 Å². The molecule has 1 aliphatic rings. The zero-order valence-electron chi connectivity index (χ0n) is 12.7. The number of fused-ring (bicyclic) bond motifs is 1. The summed E-state index contributed by atoms with van der Waals surface area (Å²) < 4.78 is 1.81. The van der Waals surface area contributed by atoms with E-state index >= 15 is 0 Å². The molecule has 3 rings (SSSR count). The minimum absolute atomic E-state index is 0.502. The highest BCUT2D eigenvalue weighted by atomic mass is 32.2. The number of thioether (sulfide) groups is 1. The predicted octanol–water partition coefficient (Wildman–Crippen LogP) is 2.36. The van der Waals surface area contributed by atoms with Gasteiger partial charge in [-0.15, -0.1) is 5.10 Å². The molecule has 0 radical (unpaired) electrons. The average molecular weight is 305 g/mol. The molecule has 1 N–H and O–H groups in total. The van der Waals surface area contributed by atoms with Crippen LogP contribution in [0, 0.1) is 0 Å². The molecule has 1 aliphatic heterocycles. The molecule has 3 heterocycles. The van der Waals surface area contributed by atoms with Crippen molar-refractivity contribution < 1.29 is 0 Å². The van der Waals surface area contributed by atoms with Crippen LogP contribution in [0.4, 0.5) is 5.82 Å². The summed E-state index contributed by atoms with van der Waals surface area (Å²) in [5, 5.41) is 8.80. The van der Waals surface area contributed by atoms with Crippen molar-refractivity contribution in [1.29, 1.82) is 0 Å². The highest BCUT2D eigenvalue weighted by Crippen LogP contribution is 2.16. The first-order valence-electron chi connectivity index (χ1n) is 7.61. The summed E-state index contributed by atoms with van der Waals surface area (Å²) in [6.07, 6.45) is 4.84. The highest BCUT2D eigenvalue weighted by molar-refractivity contribution is 7.99. The fourth-order valence-electron chi connectivity index (χ4n) is 2.67. The summed E-state index contributed by atoms with van der Waals surface area (Å²) in [7, 11) is 0. The lowest BCUT2D eigenvalue weighted by atomic mass is 10.2. The van der Waals surface area contributed by atoms with Gasteiger partial charge in [-0.2, -0.15) is 11.8 Å². The zero-order valence-corrected chi connectivity index (χ0v) is 13.5. The molecule has 21 heavy (non-hydrogen) atoms. The summed E-state index contributed by atoms with van der Waals surface area (Å²) in [6.45, 7) is 8.01. The van der Waals surface area contributed by atoms with Crippen LogP contribution < -0.4 is 5.32 Å². The normalized spacial score (nSPS) is 19.7. The summed E-state index contributed by atoms with van der Waals surface area (Å²) in [6, 6.07) is 4.52. The second-order valence-corrected chi connectivity index (χ2v) is 7.48. The number of aromatic nitrogens is 3. The first-order valence-corrected chi connectivity index (χ1v) is 8.66. The van der Waals surface area contributed by atoms with Gasteiger partial charge in [-0.25, -0.2) is 9.50 Å². The van der Waals surface area contributed by atoms with Crippen LogP contribution >= 0.6 is 11.8 Å². The van der Waals surface area contributed by atoms with Crippen molar-refractivity contribution in [3.63, 3.8) is 0 Å². The zero-order chi connectivity index (χ0) is 14.7. The van der Waals surface area contributed by atoms with Crippen molar-refractivity contribution in [2.24, 2.45) is 0 Å². The van der Waals surface area contributed by atoms with Crippen LogP contribution in [-0.2, 0) is 0 Å². The fraction of sp³-hybridized carbons (Fsp3) is 0.600. The van der Waals surface area contributed by atoms with Crippen molar-refractivity contribution in [3.05, 3.63) is 24.5 Å². The number of nitrogens with zero attached hydrogens (tertiary/aromatic N) is 4. The van der Waals surface area contributed by atoms with Gasteiger partial charge in [-0.1, -0.05) is 13.8 Å². The molecule has 5 nitrogen and oxygen atoms in total. The van der Waals surface area contributed by atoms with Gasteiger partial charge in [0, 0.05) is 43.8 Å². The fourth-order valence-corrected chi connectivity index (χ4v) is 3.51. The van der Waals surface area contributed by atoms with Crippen LogP contribution in [0.5, 0.6) is 0 Å². The third kappa shape index (κ3) is 3.89. The van der Waals surface area contributed by atoms with E-state index in [0.29, 0.717) is 6.04 Å². The maximum Gasteiger partial charge on any atom is 0.153 e. The Bertz CT molecular complexity index is 582. The molecular weight excluding hydrogens is 282 g/mol. The van der Waals surface area contributed by atoms with Crippen LogP contribution in [0.3, 0.4) is 0 Å². The van der Waals surface area contributed by atoms with Crippen molar-refractivity contribution in [1.82, 2.24) is 19.5 Å². The van der Waals surface area contributed by atoms with Gasteiger partial charge in [0.15, 0.2) is 5.65 Å². The molecule has 1 fully saturated rings. The summed E-state index contributed by atoms with van der Waals surface area (Å²) in [4.78, 5) is 6.76. The molecule has 2 aromatic heterocycles. The molecule has 0 aromatic carbocycles. The van der Waals surface area contributed by atoms with E-state index in [9.17, 15) is 0 Å². The Balaban J connectivity index is 1.49. The quantitative estimate of drug-likeness (QED) is 0.887. The Labute approximate surface area is 130 Å². The lowest BCUT2D eigenvalue weighted by Crippen LogP contribution is -2.28. The van der Waals surface area contributed by atoms with Gasteiger partial charge >= 0.3 is 0 Å². The van der Waals surface area contributed by atoms with Crippen LogP contribution in [0.25, 0.3) is 5.65 Å². The van der Waals surface area contributed by atoms with Gasteiger partial charge in [0.05, 0.1) is 0 Å². The molecule has 0 spiro atoms. The van der Waals surface area contributed by atoms with Crippen molar-refractivity contribution in [3.8, 4) is 0 Å². The number of imidazole rings is 1. The van der Waals surface area contributed by atoms with E-state index in [2.05, 4.69) is 34.1 Å². The highest BCUT2D eigenvalue weighted by Gasteiger charge is 2.22. The van der Waals surface area contributed by atoms with Crippen LogP contribution in [0.15, 0.2) is 24.5 Å². The van der Waals surface area contributed by atoms with E-state index in [4.69, 9.17) is 0 Å². The number of hydrogen-bond donors (Lipinski definition) is 1. The smallest absolute Gasteiger partial charge is 0.153 e. The largest absolute Gasteiger partial charge is 0.365 e. The minimum atomic E-state index is 0.502. The Hall–Kier alpha value is -1.27. The van der Waals surface area contributed by atoms with Crippen molar-refractivity contribution in [2.75, 3.05) is 30.7 Å². The number of hydrogen-bond acceptors (Lipinski definition) is 5. The van der Waals surface area contributed by atoms with Crippen LogP contribution in [0.2, 0.25) is 0 Å². The number of anilines is 1. The lowest BCUT2D eigenvalue weighted by Gasteiger charge is -2.17. The Morgan fingerprint density at radius 1 is 1.43 bits per heavy atom. The van der Waals surface area contributed by atoms with E-state index in [0.717, 1.165) is 23.3 Å². The van der Waals surface area contributed by atoms with E-state index in [1.54, 1.807) is 6.20 Å². The summed E-state index contributed by atoms with van der Waals surface area (Å²) in [5.41, 5.74) is 0.888. The molecule has 114 valence electrons. The topological polar surface area (TPSA) is 45.5 Å². The molecule has 6 heteroatoms. The van der Waals surface area contributed by atoms with Crippen LogP contribution in [-0.4, -0.2) is 56.2 Å². The second-order valence-electron chi connectivity index (χ2n) is 5.80. The van der Waals surface area contributed by atoms with Gasteiger partial charge in [-0.3, -0.25) is 0 Å². The van der Waals surface area contributed by atoms with E-state index in [1.165, 1.54) is 25.3 Å². The average Bonchev–Trinajstić information content (AvgIpc) is 3.07. The third-order valence-electron chi connectivity index (χ3n) is 3.74. The summed E-state index contributed by atoms with van der Waals surface area (Å²) >= 11 is 2.04. The monoisotopic (exact) mass is 305 g/mol. The molecule has 1 atom stereocenters. The molecule has 0 unspecified atom stereocenters. The summed E-state index contributed by atoms with van der Waals surface area (Å²) in [5.74, 6) is 2.16. The number of likely N-dealkylation sites (tertiary alicyclic amines) is 1. The third-order valence-corrected chi connectivity index (χ3v) is 4.82. The molecule has 0 bridgehead atoms. The molecule has 2 aromatic rings. The van der Waals surface area contributed by atoms with Gasteiger partial charge in [0.25, 0.3) is 0 Å². The molecular formula is C15H23N5S.